The van der Waals surface area contributed by atoms with Crippen molar-refractivity contribution in [3.63, 3.8) is 0 Å². The highest BCUT2D eigenvalue weighted by Gasteiger charge is 2.36. The van der Waals surface area contributed by atoms with Crippen LogP contribution >= 0.6 is 12.4 Å². The van der Waals surface area contributed by atoms with Crippen LogP contribution in [0.4, 0.5) is 0 Å². The van der Waals surface area contributed by atoms with E-state index in [0.717, 1.165) is 25.9 Å². The van der Waals surface area contributed by atoms with E-state index in [9.17, 15) is 4.79 Å². The molecule has 4 heteroatoms. The van der Waals surface area contributed by atoms with Crippen LogP contribution < -0.4 is 5.73 Å². The van der Waals surface area contributed by atoms with Crippen molar-refractivity contribution < 1.29 is 4.79 Å². The van der Waals surface area contributed by atoms with Gasteiger partial charge in [-0.2, -0.15) is 0 Å². The minimum absolute atomic E-state index is 0. The van der Waals surface area contributed by atoms with Gasteiger partial charge in [-0.05, 0) is 30.9 Å². The maximum absolute atomic E-state index is 12.5. The zero-order valence-corrected chi connectivity index (χ0v) is 13.8. The smallest absolute Gasteiger partial charge is 0.225 e. The molecule has 1 aliphatic heterocycles. The highest BCUT2D eigenvalue weighted by Crippen LogP contribution is 2.33. The first-order chi connectivity index (χ1) is 9.71. The van der Waals surface area contributed by atoms with Gasteiger partial charge in [-0.25, -0.2) is 0 Å². The average molecular weight is 311 g/mol. The molecule has 0 spiro atoms. The summed E-state index contributed by atoms with van der Waals surface area (Å²) in [4.78, 5) is 14.6. The van der Waals surface area contributed by atoms with Crippen molar-refractivity contribution >= 4 is 18.3 Å². The molecule has 1 aromatic carbocycles. The molecule has 1 aromatic rings. The van der Waals surface area contributed by atoms with E-state index in [-0.39, 0.29) is 18.3 Å². The van der Waals surface area contributed by atoms with Crippen molar-refractivity contribution in [1.29, 1.82) is 0 Å². The van der Waals surface area contributed by atoms with Crippen LogP contribution in [0.25, 0.3) is 0 Å². The molecule has 0 aromatic heterocycles. The van der Waals surface area contributed by atoms with Gasteiger partial charge in [0.15, 0.2) is 0 Å². The quantitative estimate of drug-likeness (QED) is 0.908. The van der Waals surface area contributed by atoms with Crippen LogP contribution in [0, 0.1) is 11.8 Å². The van der Waals surface area contributed by atoms with E-state index in [1.165, 1.54) is 5.56 Å². The fourth-order valence-electron chi connectivity index (χ4n) is 3.26. The minimum atomic E-state index is 0. The standard InChI is InChI=1S/C17H26N2O.ClH/c1-3-13(4-2)17(20)19-11-15(10-18)16(12-19)14-8-6-5-7-9-14;/h5-9,13,15-16H,3-4,10-12,18H2,1-2H3;1H/t15-,16+;/m1./s1. The summed E-state index contributed by atoms with van der Waals surface area (Å²) in [6.07, 6.45) is 1.85. The van der Waals surface area contributed by atoms with Gasteiger partial charge in [-0.15, -0.1) is 12.4 Å². The van der Waals surface area contributed by atoms with Gasteiger partial charge in [-0.1, -0.05) is 44.2 Å². The fraction of sp³-hybridized carbons (Fsp3) is 0.588. The van der Waals surface area contributed by atoms with Gasteiger partial charge in [0.1, 0.15) is 0 Å². The maximum Gasteiger partial charge on any atom is 0.225 e. The van der Waals surface area contributed by atoms with Crippen molar-refractivity contribution in [3.05, 3.63) is 35.9 Å². The Morgan fingerprint density at radius 1 is 1.24 bits per heavy atom. The van der Waals surface area contributed by atoms with Gasteiger partial charge >= 0.3 is 0 Å². The van der Waals surface area contributed by atoms with Gasteiger partial charge < -0.3 is 10.6 Å². The maximum atomic E-state index is 12.5. The van der Waals surface area contributed by atoms with E-state index in [2.05, 4.69) is 38.1 Å². The van der Waals surface area contributed by atoms with Crippen molar-refractivity contribution in [1.82, 2.24) is 4.90 Å². The van der Waals surface area contributed by atoms with Crippen molar-refractivity contribution in [3.8, 4) is 0 Å². The van der Waals surface area contributed by atoms with E-state index in [0.29, 0.717) is 24.3 Å². The number of hydrogen-bond donors (Lipinski definition) is 1. The zero-order chi connectivity index (χ0) is 14.5. The van der Waals surface area contributed by atoms with Gasteiger partial charge in [-0.3, -0.25) is 4.79 Å². The van der Waals surface area contributed by atoms with Crippen molar-refractivity contribution in [2.24, 2.45) is 17.6 Å². The monoisotopic (exact) mass is 310 g/mol. The Balaban J connectivity index is 0.00000220. The molecule has 1 amide bonds. The molecule has 1 heterocycles. The first-order valence-electron chi connectivity index (χ1n) is 7.75. The zero-order valence-electron chi connectivity index (χ0n) is 13.0. The molecular weight excluding hydrogens is 284 g/mol. The van der Waals surface area contributed by atoms with E-state index in [1.807, 2.05) is 11.0 Å². The number of rotatable bonds is 5. The molecule has 1 saturated heterocycles. The lowest BCUT2D eigenvalue weighted by atomic mass is 9.89. The number of nitrogens with zero attached hydrogens (tertiary/aromatic N) is 1. The number of carbonyl (C=O) groups excluding carboxylic acids is 1. The van der Waals surface area contributed by atoms with Crippen LogP contribution in [-0.2, 0) is 4.79 Å². The van der Waals surface area contributed by atoms with Gasteiger partial charge in [0.2, 0.25) is 5.91 Å². The van der Waals surface area contributed by atoms with Crippen LogP contribution in [0.5, 0.6) is 0 Å². The molecule has 3 nitrogen and oxygen atoms in total. The summed E-state index contributed by atoms with van der Waals surface area (Å²) >= 11 is 0. The van der Waals surface area contributed by atoms with Crippen LogP contribution in [0.15, 0.2) is 30.3 Å². The van der Waals surface area contributed by atoms with Crippen LogP contribution in [0.1, 0.15) is 38.2 Å². The number of hydrogen-bond acceptors (Lipinski definition) is 2. The highest BCUT2D eigenvalue weighted by atomic mass is 35.5. The second kappa shape index (κ2) is 8.40. The number of benzene rings is 1. The normalized spacial score (nSPS) is 21.4. The molecule has 0 aliphatic carbocycles. The molecule has 118 valence electrons. The molecule has 2 N–H and O–H groups in total. The largest absolute Gasteiger partial charge is 0.341 e. The van der Waals surface area contributed by atoms with Crippen LogP contribution in [-0.4, -0.2) is 30.4 Å². The Kier molecular flexibility index (Phi) is 7.20. The lowest BCUT2D eigenvalue weighted by Crippen LogP contribution is -2.34. The van der Waals surface area contributed by atoms with Gasteiger partial charge in [0, 0.05) is 24.9 Å². The second-order valence-electron chi connectivity index (χ2n) is 5.77. The number of amides is 1. The first kappa shape index (κ1) is 18.0. The summed E-state index contributed by atoms with van der Waals surface area (Å²) in [7, 11) is 0. The number of likely N-dealkylation sites (tertiary alicyclic amines) is 1. The third-order valence-corrected chi connectivity index (χ3v) is 4.62. The Morgan fingerprint density at radius 3 is 2.38 bits per heavy atom. The summed E-state index contributed by atoms with van der Waals surface area (Å²) < 4.78 is 0. The van der Waals surface area contributed by atoms with Gasteiger partial charge in [0.25, 0.3) is 0 Å². The summed E-state index contributed by atoms with van der Waals surface area (Å²) in [5, 5.41) is 0. The second-order valence-corrected chi connectivity index (χ2v) is 5.77. The molecule has 2 rings (SSSR count). The molecule has 0 radical (unpaired) electrons. The molecule has 0 saturated carbocycles. The SMILES string of the molecule is CCC(CC)C(=O)N1C[C@@H](CN)[C@H](c2ccccc2)C1.Cl. The lowest BCUT2D eigenvalue weighted by molar-refractivity contribution is -0.134. The Labute approximate surface area is 134 Å². The van der Waals surface area contributed by atoms with Crippen molar-refractivity contribution in [2.75, 3.05) is 19.6 Å². The third kappa shape index (κ3) is 3.98. The molecular formula is C17H27ClN2O. The van der Waals surface area contributed by atoms with Gasteiger partial charge in [0.05, 0.1) is 0 Å². The number of carbonyl (C=O) groups is 1. The minimum Gasteiger partial charge on any atom is -0.341 e. The summed E-state index contributed by atoms with van der Waals surface area (Å²) in [6.45, 7) is 6.47. The Morgan fingerprint density at radius 2 is 1.86 bits per heavy atom. The Bertz CT molecular complexity index is 434. The average Bonchev–Trinajstić information content (AvgIpc) is 2.93. The lowest BCUT2D eigenvalue weighted by Gasteiger charge is -2.22. The molecule has 1 fully saturated rings. The number of halogens is 1. The molecule has 2 atom stereocenters. The third-order valence-electron chi connectivity index (χ3n) is 4.62. The van der Waals surface area contributed by atoms with E-state index in [1.54, 1.807) is 0 Å². The summed E-state index contributed by atoms with van der Waals surface area (Å²) in [6, 6.07) is 10.5. The predicted octanol–water partition coefficient (Wildman–Crippen LogP) is 3.05. The van der Waals surface area contributed by atoms with Crippen LogP contribution in [0.2, 0.25) is 0 Å². The van der Waals surface area contributed by atoms with Crippen LogP contribution in [0.3, 0.4) is 0 Å². The molecule has 0 bridgehead atoms. The summed E-state index contributed by atoms with van der Waals surface area (Å²) in [5.74, 6) is 1.25. The van der Waals surface area contributed by atoms with E-state index >= 15 is 0 Å². The topological polar surface area (TPSA) is 46.3 Å². The first-order valence-corrected chi connectivity index (χ1v) is 7.75. The molecule has 1 aliphatic rings. The highest BCUT2D eigenvalue weighted by molar-refractivity contribution is 5.85. The molecule has 21 heavy (non-hydrogen) atoms. The Hall–Kier alpha value is -1.06. The predicted molar refractivity (Wildman–Crippen MR) is 89.6 cm³/mol. The van der Waals surface area contributed by atoms with Crippen molar-refractivity contribution in [2.45, 2.75) is 32.6 Å². The molecule has 0 unspecified atom stereocenters. The van der Waals surface area contributed by atoms with E-state index < -0.39 is 0 Å². The number of nitrogens with two attached hydrogens (primary N) is 1. The van der Waals surface area contributed by atoms with E-state index in [4.69, 9.17) is 5.73 Å². The fourth-order valence-corrected chi connectivity index (χ4v) is 3.26. The summed E-state index contributed by atoms with van der Waals surface area (Å²) in [5.41, 5.74) is 7.24.